The fourth-order valence-corrected chi connectivity index (χ4v) is 3.12. The highest BCUT2D eigenvalue weighted by molar-refractivity contribution is 5.93. The first-order chi connectivity index (χ1) is 12.5. The van der Waals surface area contributed by atoms with Gasteiger partial charge in [0, 0.05) is 25.2 Å². The summed E-state index contributed by atoms with van der Waals surface area (Å²) >= 11 is 0. The van der Waals surface area contributed by atoms with Gasteiger partial charge in [0.2, 0.25) is 5.91 Å². The molecule has 1 atom stereocenters. The Balaban J connectivity index is 1.49. The fraction of sp³-hybridized carbons (Fsp3) is 0.389. The van der Waals surface area contributed by atoms with Crippen LogP contribution in [-0.4, -0.2) is 53.1 Å². The predicted octanol–water partition coefficient (Wildman–Crippen LogP) is 1.14. The van der Waals surface area contributed by atoms with Crippen LogP contribution in [0.2, 0.25) is 0 Å². The van der Waals surface area contributed by atoms with E-state index in [4.69, 9.17) is 5.73 Å². The number of hydrogen-bond acceptors (Lipinski definition) is 4. The van der Waals surface area contributed by atoms with Gasteiger partial charge in [0.05, 0.1) is 11.6 Å². The standard InChI is InChI=1S/C18H22FN5O2/c19-14-5-3-12(4-6-14)15-10-16(23-22-15)18(26)21-7-9-24-8-1-2-13(11-24)17(20)25/h3-6,10,13H,1-2,7-9,11H2,(H2,20,25)(H,21,26)(H,22,23)/t13-/m1/s1. The van der Waals surface area contributed by atoms with Crippen LogP contribution in [-0.2, 0) is 4.79 Å². The number of carbonyl (C=O) groups excluding carboxylic acids is 2. The van der Waals surface area contributed by atoms with E-state index in [9.17, 15) is 14.0 Å². The maximum atomic E-state index is 13.0. The van der Waals surface area contributed by atoms with E-state index in [1.807, 2.05) is 0 Å². The van der Waals surface area contributed by atoms with Crippen LogP contribution in [0.4, 0.5) is 4.39 Å². The van der Waals surface area contributed by atoms with E-state index in [1.54, 1.807) is 18.2 Å². The number of H-pyrrole nitrogens is 1. The van der Waals surface area contributed by atoms with Gasteiger partial charge in [-0.3, -0.25) is 14.7 Å². The molecule has 26 heavy (non-hydrogen) atoms. The van der Waals surface area contributed by atoms with Crippen LogP contribution in [0.25, 0.3) is 11.3 Å². The van der Waals surface area contributed by atoms with Crippen molar-refractivity contribution in [1.82, 2.24) is 20.4 Å². The molecule has 138 valence electrons. The van der Waals surface area contributed by atoms with Crippen LogP contribution < -0.4 is 11.1 Å². The number of carbonyl (C=O) groups is 2. The second kappa shape index (κ2) is 8.09. The molecule has 0 unspecified atom stereocenters. The van der Waals surface area contributed by atoms with Crippen molar-refractivity contribution in [3.05, 3.63) is 41.8 Å². The lowest BCUT2D eigenvalue weighted by atomic mass is 9.97. The van der Waals surface area contributed by atoms with Gasteiger partial charge in [0.1, 0.15) is 11.5 Å². The van der Waals surface area contributed by atoms with E-state index in [2.05, 4.69) is 20.4 Å². The number of aromatic nitrogens is 2. The molecule has 2 heterocycles. The molecule has 0 radical (unpaired) electrons. The van der Waals surface area contributed by atoms with Gasteiger partial charge >= 0.3 is 0 Å². The van der Waals surface area contributed by atoms with Gasteiger partial charge in [-0.1, -0.05) is 0 Å². The summed E-state index contributed by atoms with van der Waals surface area (Å²) < 4.78 is 13.0. The highest BCUT2D eigenvalue weighted by Crippen LogP contribution is 2.18. The molecule has 0 spiro atoms. The molecule has 0 aliphatic carbocycles. The van der Waals surface area contributed by atoms with Gasteiger partial charge < -0.3 is 16.0 Å². The van der Waals surface area contributed by atoms with Crippen molar-refractivity contribution in [1.29, 1.82) is 0 Å². The number of piperidine rings is 1. The van der Waals surface area contributed by atoms with Gasteiger partial charge in [0.15, 0.2) is 0 Å². The fourth-order valence-electron chi connectivity index (χ4n) is 3.12. The molecule has 4 N–H and O–H groups in total. The molecule has 1 aliphatic heterocycles. The third-order valence-corrected chi connectivity index (χ3v) is 4.58. The van der Waals surface area contributed by atoms with Crippen molar-refractivity contribution in [2.45, 2.75) is 12.8 Å². The van der Waals surface area contributed by atoms with Crippen LogP contribution in [0.5, 0.6) is 0 Å². The highest BCUT2D eigenvalue weighted by Gasteiger charge is 2.23. The SMILES string of the molecule is NC(=O)[C@@H]1CCCN(CCNC(=O)c2cc(-c3ccc(F)cc3)n[nH]2)C1. The maximum absolute atomic E-state index is 13.0. The van der Waals surface area contributed by atoms with Gasteiger partial charge in [0.25, 0.3) is 5.91 Å². The Morgan fingerprint density at radius 3 is 2.85 bits per heavy atom. The summed E-state index contributed by atoms with van der Waals surface area (Å²) in [7, 11) is 0. The highest BCUT2D eigenvalue weighted by atomic mass is 19.1. The number of rotatable bonds is 6. The molecule has 3 rings (SSSR count). The van der Waals surface area contributed by atoms with Gasteiger partial charge in [-0.05, 0) is 49.7 Å². The van der Waals surface area contributed by atoms with Crippen LogP contribution in [0.1, 0.15) is 23.3 Å². The molecule has 1 aromatic heterocycles. The first-order valence-corrected chi connectivity index (χ1v) is 8.64. The van der Waals surface area contributed by atoms with Crippen LogP contribution >= 0.6 is 0 Å². The Labute approximate surface area is 150 Å². The third kappa shape index (κ3) is 4.45. The molecule has 1 saturated heterocycles. The Morgan fingerprint density at radius 2 is 2.12 bits per heavy atom. The molecule has 1 aliphatic rings. The first kappa shape index (κ1) is 18.1. The predicted molar refractivity (Wildman–Crippen MR) is 94.7 cm³/mol. The van der Waals surface area contributed by atoms with Crippen molar-refractivity contribution in [2.24, 2.45) is 11.7 Å². The molecule has 2 amide bonds. The zero-order valence-corrected chi connectivity index (χ0v) is 14.4. The number of benzene rings is 1. The Morgan fingerprint density at radius 1 is 1.35 bits per heavy atom. The minimum atomic E-state index is -0.321. The van der Waals surface area contributed by atoms with E-state index >= 15 is 0 Å². The summed E-state index contributed by atoms with van der Waals surface area (Å²) in [6, 6.07) is 7.55. The second-order valence-corrected chi connectivity index (χ2v) is 6.47. The number of nitrogens with two attached hydrogens (primary N) is 1. The lowest BCUT2D eigenvalue weighted by Crippen LogP contribution is -2.44. The minimum absolute atomic E-state index is 0.106. The molecule has 0 saturated carbocycles. The number of hydrogen-bond donors (Lipinski definition) is 3. The summed E-state index contributed by atoms with van der Waals surface area (Å²) in [4.78, 5) is 25.7. The number of likely N-dealkylation sites (tertiary alicyclic amines) is 1. The van der Waals surface area contributed by atoms with Crippen LogP contribution in [0.3, 0.4) is 0 Å². The van der Waals surface area contributed by atoms with Crippen molar-refractivity contribution in [3.8, 4) is 11.3 Å². The molecular weight excluding hydrogens is 337 g/mol. The van der Waals surface area contributed by atoms with Crippen molar-refractivity contribution in [2.75, 3.05) is 26.2 Å². The monoisotopic (exact) mass is 359 g/mol. The van der Waals surface area contributed by atoms with E-state index in [-0.39, 0.29) is 23.5 Å². The zero-order valence-electron chi connectivity index (χ0n) is 14.4. The van der Waals surface area contributed by atoms with Crippen molar-refractivity contribution >= 4 is 11.8 Å². The zero-order chi connectivity index (χ0) is 18.5. The van der Waals surface area contributed by atoms with Gasteiger partial charge in [-0.25, -0.2) is 4.39 Å². The lowest BCUT2D eigenvalue weighted by molar-refractivity contribution is -0.123. The van der Waals surface area contributed by atoms with Crippen LogP contribution in [0, 0.1) is 11.7 Å². The summed E-state index contributed by atoms with van der Waals surface area (Å²) in [5.74, 6) is -0.942. The van der Waals surface area contributed by atoms with Crippen molar-refractivity contribution in [3.63, 3.8) is 0 Å². The second-order valence-electron chi connectivity index (χ2n) is 6.47. The van der Waals surface area contributed by atoms with Gasteiger partial charge in [-0.2, -0.15) is 5.10 Å². The average Bonchev–Trinajstić information content (AvgIpc) is 3.13. The quantitative estimate of drug-likeness (QED) is 0.719. The number of halogens is 1. The van der Waals surface area contributed by atoms with Crippen molar-refractivity contribution < 1.29 is 14.0 Å². The Hall–Kier alpha value is -2.74. The maximum Gasteiger partial charge on any atom is 0.269 e. The topological polar surface area (TPSA) is 104 Å². The summed E-state index contributed by atoms with van der Waals surface area (Å²) in [6.45, 7) is 2.67. The molecule has 2 aromatic rings. The first-order valence-electron chi connectivity index (χ1n) is 8.64. The summed E-state index contributed by atoms with van der Waals surface area (Å²) in [5.41, 5.74) is 7.03. The molecular formula is C18H22FN5O2. The van der Waals surface area contributed by atoms with Crippen LogP contribution in [0.15, 0.2) is 30.3 Å². The number of nitrogens with zero attached hydrogens (tertiary/aromatic N) is 2. The molecule has 1 fully saturated rings. The summed E-state index contributed by atoms with van der Waals surface area (Å²) in [6.07, 6.45) is 1.77. The Bertz CT molecular complexity index is 774. The lowest BCUT2D eigenvalue weighted by Gasteiger charge is -2.30. The number of primary amides is 1. The van der Waals surface area contributed by atoms with E-state index in [1.165, 1.54) is 12.1 Å². The Kier molecular flexibility index (Phi) is 5.62. The number of aromatic amines is 1. The summed E-state index contributed by atoms with van der Waals surface area (Å²) in [5, 5.41) is 9.63. The molecule has 1 aromatic carbocycles. The molecule has 8 heteroatoms. The van der Waals surface area contributed by atoms with E-state index < -0.39 is 0 Å². The molecule has 7 nitrogen and oxygen atoms in total. The smallest absolute Gasteiger partial charge is 0.269 e. The number of amides is 2. The van der Waals surface area contributed by atoms with Gasteiger partial charge in [-0.15, -0.1) is 0 Å². The average molecular weight is 359 g/mol. The normalized spacial score (nSPS) is 17.8. The largest absolute Gasteiger partial charge is 0.369 e. The van der Waals surface area contributed by atoms with E-state index in [0.29, 0.717) is 31.0 Å². The number of nitrogens with one attached hydrogen (secondary N) is 2. The third-order valence-electron chi connectivity index (χ3n) is 4.58. The minimum Gasteiger partial charge on any atom is -0.369 e. The molecule has 0 bridgehead atoms. The van der Waals surface area contributed by atoms with E-state index in [0.717, 1.165) is 24.9 Å².